The van der Waals surface area contributed by atoms with E-state index in [1.54, 1.807) is 18.2 Å². The molecule has 2 rings (SSSR count). The summed E-state index contributed by atoms with van der Waals surface area (Å²) in [4.78, 5) is 24.3. The van der Waals surface area contributed by atoms with Crippen LogP contribution in [0.3, 0.4) is 0 Å². The topological polar surface area (TPSA) is 90.5 Å². The Hall–Kier alpha value is -3.07. The Morgan fingerprint density at radius 2 is 1.70 bits per heavy atom. The first-order valence-electron chi connectivity index (χ1n) is 9.36. The van der Waals surface area contributed by atoms with Crippen molar-refractivity contribution in [2.75, 3.05) is 17.2 Å². The second-order valence-corrected chi connectivity index (χ2v) is 7.19. The predicted octanol–water partition coefficient (Wildman–Crippen LogP) is 4.49. The van der Waals surface area contributed by atoms with Crippen molar-refractivity contribution in [3.05, 3.63) is 59.7 Å². The molecule has 0 fully saturated rings. The lowest BCUT2D eigenvalue weighted by Crippen LogP contribution is -2.41. The first kappa shape index (κ1) is 23.2. The largest absolute Gasteiger partial charge is 0.418 e. The van der Waals surface area contributed by atoms with Crippen molar-refractivity contribution in [3.8, 4) is 0 Å². The van der Waals surface area contributed by atoms with Gasteiger partial charge in [-0.3, -0.25) is 4.79 Å². The molecule has 0 heterocycles. The van der Waals surface area contributed by atoms with Gasteiger partial charge < -0.3 is 21.1 Å². The van der Waals surface area contributed by atoms with Crippen LogP contribution in [0.2, 0.25) is 0 Å². The van der Waals surface area contributed by atoms with E-state index in [4.69, 9.17) is 0 Å². The number of carbonyl (C=O) groups excluding carboxylic acids is 2. The van der Waals surface area contributed by atoms with Gasteiger partial charge in [-0.15, -0.1) is 0 Å². The average Bonchev–Trinajstić information content (AvgIpc) is 2.68. The molecule has 0 spiro atoms. The second kappa shape index (κ2) is 10.1. The highest BCUT2D eigenvalue weighted by Crippen LogP contribution is 2.36. The van der Waals surface area contributed by atoms with Crippen LogP contribution < -0.4 is 16.0 Å². The number of halogens is 3. The molecule has 0 aliphatic rings. The van der Waals surface area contributed by atoms with Gasteiger partial charge in [-0.2, -0.15) is 13.2 Å². The van der Waals surface area contributed by atoms with E-state index < -0.39 is 35.4 Å². The number of alkyl halides is 3. The number of carbonyl (C=O) groups is 2. The molecule has 9 heteroatoms. The summed E-state index contributed by atoms with van der Waals surface area (Å²) in [5.41, 5.74) is -1.32. The number of benzene rings is 2. The van der Waals surface area contributed by atoms with E-state index in [1.165, 1.54) is 18.2 Å². The molecular formula is C21H24F3N3O3. The number of hydrogen-bond donors (Lipinski definition) is 4. The van der Waals surface area contributed by atoms with Gasteiger partial charge in [-0.1, -0.05) is 32.0 Å². The monoisotopic (exact) mass is 423 g/mol. The smallest absolute Gasteiger partial charge is 0.394 e. The fourth-order valence-corrected chi connectivity index (χ4v) is 2.85. The number of aliphatic hydroxyl groups is 1. The highest BCUT2D eigenvalue weighted by Gasteiger charge is 2.34. The Morgan fingerprint density at radius 1 is 1.03 bits per heavy atom. The molecule has 0 radical (unpaired) electrons. The average molecular weight is 423 g/mol. The molecule has 2 aromatic carbocycles. The maximum Gasteiger partial charge on any atom is 0.418 e. The zero-order chi connectivity index (χ0) is 22.3. The maximum absolute atomic E-state index is 13.5. The highest BCUT2D eigenvalue weighted by atomic mass is 19.4. The lowest BCUT2D eigenvalue weighted by molar-refractivity contribution is -0.136. The minimum Gasteiger partial charge on any atom is -0.394 e. The van der Waals surface area contributed by atoms with Crippen LogP contribution in [0, 0.1) is 5.92 Å². The van der Waals surface area contributed by atoms with Gasteiger partial charge in [0.05, 0.1) is 23.9 Å². The van der Waals surface area contributed by atoms with Gasteiger partial charge in [0.2, 0.25) is 0 Å². The van der Waals surface area contributed by atoms with Gasteiger partial charge in [0.1, 0.15) is 0 Å². The standard InChI is InChI=1S/C21H24F3N3O3/c1-13(2)10-16(12-28)26-20(30)27-18-9-8-15(11-17(18)21(22,23)24)25-19(29)14-6-4-3-5-7-14/h3-9,11,13,16,28H,10,12H2,1-2H3,(H,25,29)(H2,26,27,30). The van der Waals surface area contributed by atoms with Gasteiger partial charge in [0.25, 0.3) is 5.91 Å². The molecule has 0 bridgehead atoms. The lowest BCUT2D eigenvalue weighted by Gasteiger charge is -2.20. The number of aliphatic hydroxyl groups excluding tert-OH is 1. The van der Waals surface area contributed by atoms with Crippen LogP contribution in [-0.4, -0.2) is 29.7 Å². The quantitative estimate of drug-likeness (QED) is 0.529. The van der Waals surface area contributed by atoms with Crippen molar-refractivity contribution in [2.24, 2.45) is 5.92 Å². The van der Waals surface area contributed by atoms with E-state index >= 15 is 0 Å². The van der Waals surface area contributed by atoms with Crippen LogP contribution >= 0.6 is 0 Å². The van der Waals surface area contributed by atoms with E-state index in [9.17, 15) is 27.9 Å². The fourth-order valence-electron chi connectivity index (χ4n) is 2.85. The van der Waals surface area contributed by atoms with Crippen molar-refractivity contribution in [2.45, 2.75) is 32.5 Å². The summed E-state index contributed by atoms with van der Waals surface area (Å²) in [6.07, 6.45) is -4.29. The Morgan fingerprint density at radius 3 is 2.27 bits per heavy atom. The molecule has 0 saturated carbocycles. The molecule has 0 aliphatic heterocycles. The Labute approximate surface area is 172 Å². The normalized spacial score (nSPS) is 12.4. The molecule has 0 aliphatic carbocycles. The number of urea groups is 1. The number of anilines is 2. The molecule has 1 unspecified atom stereocenters. The van der Waals surface area contributed by atoms with Crippen LogP contribution in [0.25, 0.3) is 0 Å². The van der Waals surface area contributed by atoms with Crippen molar-refractivity contribution < 1.29 is 27.9 Å². The number of amides is 3. The Balaban J connectivity index is 2.18. The summed E-state index contributed by atoms with van der Waals surface area (Å²) >= 11 is 0. The summed E-state index contributed by atoms with van der Waals surface area (Å²) in [6.45, 7) is 3.46. The van der Waals surface area contributed by atoms with E-state index in [0.29, 0.717) is 12.0 Å². The van der Waals surface area contributed by atoms with Crippen LogP contribution in [-0.2, 0) is 6.18 Å². The Kier molecular flexibility index (Phi) is 7.82. The molecule has 6 nitrogen and oxygen atoms in total. The third-order valence-corrected chi connectivity index (χ3v) is 4.18. The molecule has 1 atom stereocenters. The predicted molar refractivity (Wildman–Crippen MR) is 108 cm³/mol. The molecule has 162 valence electrons. The van der Waals surface area contributed by atoms with Gasteiger partial charge in [-0.25, -0.2) is 4.79 Å². The molecule has 0 aromatic heterocycles. The number of rotatable bonds is 7. The van der Waals surface area contributed by atoms with E-state index in [2.05, 4.69) is 16.0 Å². The summed E-state index contributed by atoms with van der Waals surface area (Å²) in [6, 6.07) is 9.72. The summed E-state index contributed by atoms with van der Waals surface area (Å²) in [5, 5.41) is 16.4. The van der Waals surface area contributed by atoms with Crippen LogP contribution in [0.5, 0.6) is 0 Å². The summed E-state index contributed by atoms with van der Waals surface area (Å²) in [5.74, 6) is -0.373. The molecular weight excluding hydrogens is 399 g/mol. The van der Waals surface area contributed by atoms with Crippen LogP contribution in [0.15, 0.2) is 48.5 Å². The van der Waals surface area contributed by atoms with Crippen molar-refractivity contribution >= 4 is 23.3 Å². The lowest BCUT2D eigenvalue weighted by atomic mass is 10.0. The van der Waals surface area contributed by atoms with E-state index in [1.807, 2.05) is 13.8 Å². The third-order valence-electron chi connectivity index (χ3n) is 4.18. The second-order valence-electron chi connectivity index (χ2n) is 7.19. The van der Waals surface area contributed by atoms with Gasteiger partial charge >= 0.3 is 12.2 Å². The van der Waals surface area contributed by atoms with Crippen LogP contribution in [0.1, 0.15) is 36.2 Å². The molecule has 0 saturated heterocycles. The minimum absolute atomic E-state index is 0.0600. The summed E-state index contributed by atoms with van der Waals surface area (Å²) in [7, 11) is 0. The Bertz CT molecular complexity index is 871. The minimum atomic E-state index is -4.76. The van der Waals surface area contributed by atoms with Gasteiger partial charge in [0.15, 0.2) is 0 Å². The summed E-state index contributed by atoms with van der Waals surface area (Å²) < 4.78 is 40.5. The maximum atomic E-state index is 13.5. The SMILES string of the molecule is CC(C)CC(CO)NC(=O)Nc1ccc(NC(=O)c2ccccc2)cc1C(F)(F)F. The fraction of sp³-hybridized carbons (Fsp3) is 0.333. The van der Waals surface area contributed by atoms with Gasteiger partial charge in [-0.05, 0) is 42.7 Å². The molecule has 30 heavy (non-hydrogen) atoms. The van der Waals surface area contributed by atoms with Crippen molar-refractivity contribution in [3.63, 3.8) is 0 Å². The zero-order valence-electron chi connectivity index (χ0n) is 16.6. The molecule has 3 amide bonds. The van der Waals surface area contributed by atoms with Gasteiger partial charge in [0, 0.05) is 11.3 Å². The first-order valence-corrected chi connectivity index (χ1v) is 9.36. The molecule has 4 N–H and O–H groups in total. The van der Waals surface area contributed by atoms with E-state index in [0.717, 1.165) is 12.1 Å². The third kappa shape index (κ3) is 6.77. The van der Waals surface area contributed by atoms with E-state index in [-0.39, 0.29) is 18.2 Å². The van der Waals surface area contributed by atoms with Crippen molar-refractivity contribution in [1.82, 2.24) is 5.32 Å². The first-order chi connectivity index (χ1) is 14.1. The number of hydrogen-bond acceptors (Lipinski definition) is 3. The van der Waals surface area contributed by atoms with Crippen molar-refractivity contribution in [1.29, 1.82) is 0 Å². The zero-order valence-corrected chi connectivity index (χ0v) is 16.6. The number of nitrogens with one attached hydrogen (secondary N) is 3. The molecule has 2 aromatic rings. The highest BCUT2D eigenvalue weighted by molar-refractivity contribution is 6.04. The van der Waals surface area contributed by atoms with Crippen LogP contribution in [0.4, 0.5) is 29.3 Å².